The number of rotatable bonds is 1. The molecule has 1 N–H and O–H groups in total. The third-order valence-corrected chi connectivity index (χ3v) is 1.87. The van der Waals surface area contributed by atoms with Gasteiger partial charge in [-0.1, -0.05) is 11.7 Å². The molecule has 0 saturated carbocycles. The molecule has 0 unspecified atom stereocenters. The average Bonchev–Trinajstić information content (AvgIpc) is 1.88. The van der Waals surface area contributed by atoms with E-state index in [0.717, 1.165) is 11.0 Å². The van der Waals surface area contributed by atoms with Crippen molar-refractivity contribution in [3.8, 4) is 0 Å². The fourth-order valence-corrected chi connectivity index (χ4v) is 1.09. The van der Waals surface area contributed by atoms with Crippen molar-refractivity contribution < 1.29 is 0 Å². The summed E-state index contributed by atoms with van der Waals surface area (Å²) in [6.45, 7) is 0. The van der Waals surface area contributed by atoms with Crippen molar-refractivity contribution in [1.82, 2.24) is 8.96 Å². The molecule has 54 valence electrons. The second-order valence-electron chi connectivity index (χ2n) is 1.52. The maximum Gasteiger partial charge on any atom is 0.339 e. The zero-order valence-corrected chi connectivity index (χ0v) is 6.48. The van der Waals surface area contributed by atoms with Gasteiger partial charge in [0.1, 0.15) is 0 Å². The van der Waals surface area contributed by atoms with Crippen LogP contribution in [-0.4, -0.2) is 8.96 Å². The van der Waals surface area contributed by atoms with Crippen LogP contribution in [0.25, 0.3) is 0 Å². The third kappa shape index (κ3) is 1.45. The Morgan fingerprint density at radius 2 is 2.30 bits per heavy atom. The molecule has 0 atom stereocenters. The lowest BCUT2D eigenvalue weighted by atomic mass is 10.7. The molecule has 1 heterocycles. The summed E-state index contributed by atoms with van der Waals surface area (Å²) in [6, 6.07) is 1.25. The Labute approximate surface area is 65.2 Å². The summed E-state index contributed by atoms with van der Waals surface area (Å²) in [6.07, 6.45) is 1.36. The van der Waals surface area contributed by atoms with E-state index in [4.69, 9.17) is 0 Å². The number of nitrogens with one attached hydrogen (secondary N) is 1. The average molecular weight is 176 g/mol. The molecule has 0 aliphatic heterocycles. The first-order valence-electron chi connectivity index (χ1n) is 2.38. The summed E-state index contributed by atoms with van der Waals surface area (Å²) in [7, 11) is 0.933. The quantitative estimate of drug-likeness (QED) is 0.463. The Kier molecular flexibility index (Phi) is 2.23. The van der Waals surface area contributed by atoms with Gasteiger partial charge in [0.05, 0.1) is 0 Å². The van der Waals surface area contributed by atoms with Crippen LogP contribution in [0.4, 0.5) is 0 Å². The molecule has 0 aliphatic carbocycles. The highest BCUT2D eigenvalue weighted by Gasteiger charge is 1.91. The van der Waals surface area contributed by atoms with Crippen LogP contribution in [0, 0.1) is 0 Å². The van der Waals surface area contributed by atoms with Crippen LogP contribution in [0.5, 0.6) is 0 Å². The number of nitrogens with zero attached hydrogens (tertiary/aromatic N) is 1. The van der Waals surface area contributed by atoms with Gasteiger partial charge in [-0.25, -0.2) is 8.77 Å². The highest BCUT2D eigenvalue weighted by atomic mass is 33.1. The molecule has 6 heteroatoms. The topological polar surface area (TPSA) is 54.9 Å². The van der Waals surface area contributed by atoms with Gasteiger partial charge in [0.25, 0.3) is 5.56 Å². The minimum Gasteiger partial charge on any atom is -0.273 e. The standard InChI is InChI=1S/C4H4N2O2S2/c7-3-1-2-6(10-9)4(8)5-3/h1-2,9H,(H,5,7,8). The van der Waals surface area contributed by atoms with Crippen molar-refractivity contribution in [1.29, 1.82) is 0 Å². The Hall–Kier alpha value is -0.620. The lowest BCUT2D eigenvalue weighted by Crippen LogP contribution is -2.24. The van der Waals surface area contributed by atoms with Crippen molar-refractivity contribution in [3.05, 3.63) is 33.1 Å². The summed E-state index contributed by atoms with van der Waals surface area (Å²) in [4.78, 5) is 23.2. The van der Waals surface area contributed by atoms with Gasteiger partial charge in [0.2, 0.25) is 0 Å². The van der Waals surface area contributed by atoms with E-state index in [0.29, 0.717) is 0 Å². The van der Waals surface area contributed by atoms with Crippen molar-refractivity contribution in [2.24, 2.45) is 0 Å². The molecule has 4 nitrogen and oxygen atoms in total. The van der Waals surface area contributed by atoms with Crippen LogP contribution in [0.2, 0.25) is 0 Å². The SMILES string of the molecule is O=c1ccn(SS)c(=O)[nH]1. The molecule has 0 aromatic carbocycles. The van der Waals surface area contributed by atoms with Gasteiger partial charge in [0.15, 0.2) is 0 Å². The first-order chi connectivity index (χ1) is 4.74. The van der Waals surface area contributed by atoms with Crippen molar-refractivity contribution in [2.45, 2.75) is 0 Å². The van der Waals surface area contributed by atoms with E-state index in [1.165, 1.54) is 16.2 Å². The molecular weight excluding hydrogens is 172 g/mol. The molecule has 0 bridgehead atoms. The second-order valence-corrected chi connectivity index (χ2v) is 2.56. The molecule has 10 heavy (non-hydrogen) atoms. The van der Waals surface area contributed by atoms with Crippen LogP contribution in [0.15, 0.2) is 21.9 Å². The monoisotopic (exact) mass is 176 g/mol. The number of thiol groups is 1. The molecule has 1 rings (SSSR count). The van der Waals surface area contributed by atoms with E-state index in [2.05, 4.69) is 16.6 Å². The smallest absolute Gasteiger partial charge is 0.273 e. The van der Waals surface area contributed by atoms with Crippen LogP contribution in [0.1, 0.15) is 0 Å². The molecule has 1 aromatic heterocycles. The highest BCUT2D eigenvalue weighted by molar-refractivity contribution is 8.67. The summed E-state index contributed by atoms with van der Waals surface area (Å²) >= 11 is 3.77. The Morgan fingerprint density at radius 1 is 1.60 bits per heavy atom. The van der Waals surface area contributed by atoms with E-state index >= 15 is 0 Å². The largest absolute Gasteiger partial charge is 0.339 e. The maximum atomic E-state index is 10.7. The molecule has 0 aliphatic rings. The van der Waals surface area contributed by atoms with E-state index in [1.54, 1.807) is 0 Å². The van der Waals surface area contributed by atoms with Crippen LogP contribution >= 0.6 is 22.6 Å². The van der Waals surface area contributed by atoms with Gasteiger partial charge >= 0.3 is 5.69 Å². The lowest BCUT2D eigenvalue weighted by Gasteiger charge is -1.93. The van der Waals surface area contributed by atoms with Crippen molar-refractivity contribution >= 4 is 22.6 Å². The van der Waals surface area contributed by atoms with Crippen LogP contribution in [0.3, 0.4) is 0 Å². The summed E-state index contributed by atoms with van der Waals surface area (Å²) in [5.74, 6) is 0. The lowest BCUT2D eigenvalue weighted by molar-refractivity contribution is 0.994. The van der Waals surface area contributed by atoms with Crippen LogP contribution in [-0.2, 0) is 0 Å². The third-order valence-electron chi connectivity index (χ3n) is 0.880. The first-order valence-corrected chi connectivity index (χ1v) is 4.20. The number of H-pyrrole nitrogens is 1. The van der Waals surface area contributed by atoms with Crippen molar-refractivity contribution in [3.63, 3.8) is 0 Å². The van der Waals surface area contributed by atoms with E-state index in [9.17, 15) is 9.59 Å². The molecule has 0 fully saturated rings. The fourth-order valence-electron chi connectivity index (χ4n) is 0.470. The predicted molar refractivity (Wildman–Crippen MR) is 43.3 cm³/mol. The minimum absolute atomic E-state index is 0.399. The summed E-state index contributed by atoms with van der Waals surface area (Å²) < 4.78 is 1.20. The number of hydrogen-bond donors (Lipinski definition) is 2. The molecule has 0 spiro atoms. The van der Waals surface area contributed by atoms with Gasteiger partial charge < -0.3 is 0 Å². The van der Waals surface area contributed by atoms with E-state index < -0.39 is 11.2 Å². The van der Waals surface area contributed by atoms with E-state index in [-0.39, 0.29) is 0 Å². The minimum atomic E-state index is -0.465. The fraction of sp³-hybridized carbons (Fsp3) is 0. The number of hydrogen-bond acceptors (Lipinski definition) is 4. The Morgan fingerprint density at radius 3 is 2.80 bits per heavy atom. The number of aromatic amines is 1. The Balaban J connectivity index is 3.34. The molecule has 1 aromatic rings. The van der Waals surface area contributed by atoms with E-state index in [1.807, 2.05) is 0 Å². The summed E-state index contributed by atoms with van der Waals surface area (Å²) in [5.41, 5.74) is -0.865. The molecular formula is C4H4N2O2S2. The first kappa shape index (κ1) is 7.49. The zero-order chi connectivity index (χ0) is 7.56. The number of aromatic nitrogens is 2. The zero-order valence-electron chi connectivity index (χ0n) is 4.77. The van der Waals surface area contributed by atoms with Gasteiger partial charge in [-0.2, -0.15) is 0 Å². The van der Waals surface area contributed by atoms with Gasteiger partial charge in [-0.05, 0) is 0 Å². The summed E-state index contributed by atoms with van der Waals surface area (Å²) in [5, 5.41) is 0. The van der Waals surface area contributed by atoms with Crippen LogP contribution < -0.4 is 11.2 Å². The van der Waals surface area contributed by atoms with Crippen molar-refractivity contribution in [2.75, 3.05) is 0 Å². The molecule has 0 amide bonds. The maximum absolute atomic E-state index is 10.7. The normalized spacial score (nSPS) is 9.70. The molecule has 0 saturated heterocycles. The predicted octanol–water partition coefficient (Wildman–Crippen LogP) is -0.122. The highest BCUT2D eigenvalue weighted by Crippen LogP contribution is 2.02. The Bertz CT molecular complexity index is 329. The second kappa shape index (κ2) is 2.98. The van der Waals surface area contributed by atoms with Gasteiger partial charge in [-0.3, -0.25) is 9.78 Å². The van der Waals surface area contributed by atoms with Gasteiger partial charge in [-0.15, -0.1) is 0 Å². The molecule has 0 radical (unpaired) electrons. The van der Waals surface area contributed by atoms with Gasteiger partial charge in [0, 0.05) is 23.2 Å².